The molecule has 1 atom stereocenters. The van der Waals surface area contributed by atoms with Gasteiger partial charge < -0.3 is 9.64 Å². The van der Waals surface area contributed by atoms with E-state index in [4.69, 9.17) is 4.74 Å². The number of thioether (sulfide) groups is 1. The quantitative estimate of drug-likeness (QED) is 0.847. The molecule has 20 heavy (non-hydrogen) atoms. The van der Waals surface area contributed by atoms with Gasteiger partial charge in [-0.05, 0) is 19.1 Å². The molecule has 0 radical (unpaired) electrons. The van der Waals surface area contributed by atoms with Crippen LogP contribution in [-0.4, -0.2) is 45.7 Å². The van der Waals surface area contributed by atoms with E-state index in [0.29, 0.717) is 12.4 Å². The molecule has 0 unspecified atom stereocenters. The van der Waals surface area contributed by atoms with E-state index in [1.54, 1.807) is 13.0 Å². The maximum Gasteiger partial charge on any atom is 0.246 e. The summed E-state index contributed by atoms with van der Waals surface area (Å²) in [5.74, 6) is 2.50. The summed E-state index contributed by atoms with van der Waals surface area (Å²) >= 11 is 1.90. The first kappa shape index (κ1) is 14.0. The molecule has 2 heterocycles. The number of nitrogens with zero attached hydrogens (tertiary/aromatic N) is 1. The van der Waals surface area contributed by atoms with E-state index in [2.05, 4.69) is 9.62 Å². The third kappa shape index (κ3) is 2.62. The predicted octanol–water partition coefficient (Wildman–Crippen LogP) is 1.30. The van der Waals surface area contributed by atoms with Crippen LogP contribution in [0.25, 0.3) is 0 Å². The van der Waals surface area contributed by atoms with Crippen molar-refractivity contribution in [3.8, 4) is 5.75 Å². The Labute approximate surface area is 123 Å². The van der Waals surface area contributed by atoms with Crippen molar-refractivity contribution in [1.29, 1.82) is 0 Å². The number of benzene rings is 1. The Bertz CT molecular complexity index is 598. The minimum atomic E-state index is -3.53. The summed E-state index contributed by atoms with van der Waals surface area (Å²) in [7, 11) is -3.53. The molecule has 7 heteroatoms. The number of rotatable bonds is 1. The lowest BCUT2D eigenvalue weighted by atomic mass is 10.2. The van der Waals surface area contributed by atoms with Crippen LogP contribution in [0.3, 0.4) is 0 Å². The highest BCUT2D eigenvalue weighted by Crippen LogP contribution is 2.36. The number of hydrogen-bond acceptors (Lipinski definition) is 5. The zero-order valence-electron chi connectivity index (χ0n) is 11.3. The third-order valence-electron chi connectivity index (χ3n) is 3.42. The zero-order valence-corrected chi connectivity index (χ0v) is 13.0. The van der Waals surface area contributed by atoms with Crippen LogP contribution >= 0.6 is 11.8 Å². The van der Waals surface area contributed by atoms with Crippen molar-refractivity contribution in [3.05, 3.63) is 18.2 Å². The average Bonchev–Trinajstić information content (AvgIpc) is 2.56. The van der Waals surface area contributed by atoms with E-state index in [-0.39, 0.29) is 10.9 Å². The molecule has 0 aromatic heterocycles. The van der Waals surface area contributed by atoms with Crippen molar-refractivity contribution < 1.29 is 13.2 Å². The predicted molar refractivity (Wildman–Crippen MR) is 81.3 cm³/mol. The van der Waals surface area contributed by atoms with Crippen molar-refractivity contribution >= 4 is 27.5 Å². The molecule has 0 spiro atoms. The van der Waals surface area contributed by atoms with Gasteiger partial charge in [0.15, 0.2) is 0 Å². The van der Waals surface area contributed by atoms with Gasteiger partial charge in [0.1, 0.15) is 17.3 Å². The molecule has 1 N–H and O–H groups in total. The molecule has 0 saturated carbocycles. The lowest BCUT2D eigenvalue weighted by molar-refractivity contribution is 0.288. The fraction of sp³-hybridized carbons (Fsp3) is 0.538. The molecule has 3 rings (SSSR count). The first-order chi connectivity index (χ1) is 9.58. The number of nitrogens with one attached hydrogen (secondary N) is 1. The summed E-state index contributed by atoms with van der Waals surface area (Å²) in [6.07, 6.45) is 0. The van der Waals surface area contributed by atoms with Crippen LogP contribution in [-0.2, 0) is 10.0 Å². The summed E-state index contributed by atoms with van der Waals surface area (Å²) in [6.45, 7) is 3.89. The number of sulfonamides is 1. The number of anilines is 1. The average molecular weight is 314 g/mol. The molecule has 1 saturated heterocycles. The Morgan fingerprint density at radius 2 is 2.10 bits per heavy atom. The SMILES string of the molecule is C[C@H]1COc2cccc(N3CCSCC3)c2S(=O)(=O)N1. The monoisotopic (exact) mass is 314 g/mol. The first-order valence-corrected chi connectivity index (χ1v) is 9.32. The van der Waals surface area contributed by atoms with Crippen molar-refractivity contribution in [1.82, 2.24) is 4.72 Å². The van der Waals surface area contributed by atoms with E-state index in [1.807, 2.05) is 23.9 Å². The Balaban J connectivity index is 2.09. The lowest BCUT2D eigenvalue weighted by Gasteiger charge is -2.30. The molecular weight excluding hydrogens is 296 g/mol. The minimum Gasteiger partial charge on any atom is -0.490 e. The molecule has 1 aromatic rings. The van der Waals surface area contributed by atoms with Crippen LogP contribution in [0.1, 0.15) is 6.92 Å². The van der Waals surface area contributed by atoms with Gasteiger partial charge in [-0.3, -0.25) is 0 Å². The largest absolute Gasteiger partial charge is 0.490 e. The first-order valence-electron chi connectivity index (χ1n) is 6.69. The van der Waals surface area contributed by atoms with E-state index >= 15 is 0 Å². The van der Waals surface area contributed by atoms with Crippen LogP contribution < -0.4 is 14.4 Å². The molecule has 0 aliphatic carbocycles. The van der Waals surface area contributed by atoms with E-state index in [0.717, 1.165) is 30.3 Å². The van der Waals surface area contributed by atoms with Crippen LogP contribution in [0.2, 0.25) is 0 Å². The third-order valence-corrected chi connectivity index (χ3v) is 6.03. The molecular formula is C13H18N2O3S2. The van der Waals surface area contributed by atoms with Gasteiger partial charge in [0.25, 0.3) is 0 Å². The Hall–Kier alpha value is -0.920. The van der Waals surface area contributed by atoms with Gasteiger partial charge in [-0.15, -0.1) is 0 Å². The number of fused-ring (bicyclic) bond motifs is 1. The molecule has 1 fully saturated rings. The van der Waals surface area contributed by atoms with Gasteiger partial charge >= 0.3 is 0 Å². The molecule has 2 aliphatic rings. The normalized spacial score (nSPS) is 25.4. The Morgan fingerprint density at radius 3 is 2.85 bits per heavy atom. The highest BCUT2D eigenvalue weighted by molar-refractivity contribution is 7.99. The van der Waals surface area contributed by atoms with E-state index in [9.17, 15) is 8.42 Å². The molecule has 5 nitrogen and oxygen atoms in total. The maximum atomic E-state index is 12.5. The van der Waals surface area contributed by atoms with E-state index in [1.165, 1.54) is 0 Å². The Kier molecular flexibility index (Phi) is 3.83. The smallest absolute Gasteiger partial charge is 0.246 e. The second kappa shape index (κ2) is 5.46. The van der Waals surface area contributed by atoms with Crippen LogP contribution in [0.15, 0.2) is 23.1 Å². The van der Waals surface area contributed by atoms with Crippen LogP contribution in [0.4, 0.5) is 5.69 Å². The van der Waals surface area contributed by atoms with Gasteiger partial charge in [0.2, 0.25) is 10.0 Å². The van der Waals surface area contributed by atoms with Gasteiger partial charge in [-0.2, -0.15) is 11.8 Å². The summed E-state index contributed by atoms with van der Waals surface area (Å²) in [4.78, 5) is 2.42. The van der Waals surface area contributed by atoms with Crippen LogP contribution in [0, 0.1) is 0 Å². The minimum absolute atomic E-state index is 0.225. The molecule has 0 bridgehead atoms. The fourth-order valence-corrected chi connectivity index (χ4v) is 5.00. The number of hydrogen-bond donors (Lipinski definition) is 1. The topological polar surface area (TPSA) is 58.6 Å². The standard InChI is InChI=1S/C13H18N2O3S2/c1-10-9-18-12-4-2-3-11(13(12)20(16,17)14-10)15-5-7-19-8-6-15/h2-4,10,14H,5-9H2,1H3/t10-/m0/s1. The van der Waals surface area contributed by atoms with Gasteiger partial charge in [-0.1, -0.05) is 6.07 Å². The summed E-state index contributed by atoms with van der Waals surface area (Å²) in [5.41, 5.74) is 0.754. The van der Waals surface area contributed by atoms with Crippen molar-refractivity contribution in [2.45, 2.75) is 17.9 Å². The van der Waals surface area contributed by atoms with Gasteiger partial charge in [0.05, 0.1) is 11.7 Å². The molecule has 0 amide bonds. The zero-order chi connectivity index (χ0) is 14.2. The van der Waals surface area contributed by atoms with E-state index < -0.39 is 10.0 Å². The second-order valence-corrected chi connectivity index (χ2v) is 7.91. The van der Waals surface area contributed by atoms with Crippen molar-refractivity contribution in [2.24, 2.45) is 0 Å². The molecule has 2 aliphatic heterocycles. The van der Waals surface area contributed by atoms with Crippen molar-refractivity contribution in [3.63, 3.8) is 0 Å². The summed E-state index contributed by atoms with van der Waals surface area (Å²) < 4.78 is 33.4. The summed E-state index contributed by atoms with van der Waals surface area (Å²) in [5, 5.41) is 0. The summed E-state index contributed by atoms with van der Waals surface area (Å²) in [6, 6.07) is 5.24. The second-order valence-electron chi connectivity index (χ2n) is 5.04. The lowest BCUT2D eigenvalue weighted by Crippen LogP contribution is -2.36. The Morgan fingerprint density at radius 1 is 1.35 bits per heavy atom. The number of ether oxygens (including phenoxy) is 1. The van der Waals surface area contributed by atoms with Crippen molar-refractivity contribution in [2.75, 3.05) is 36.1 Å². The highest BCUT2D eigenvalue weighted by atomic mass is 32.2. The van der Waals surface area contributed by atoms with Crippen LogP contribution in [0.5, 0.6) is 5.75 Å². The maximum absolute atomic E-state index is 12.5. The molecule has 110 valence electrons. The highest BCUT2D eigenvalue weighted by Gasteiger charge is 2.31. The molecule has 1 aromatic carbocycles. The van der Waals surface area contributed by atoms with Gasteiger partial charge in [0, 0.05) is 24.6 Å². The van der Waals surface area contributed by atoms with Gasteiger partial charge in [-0.25, -0.2) is 13.1 Å². The fourth-order valence-electron chi connectivity index (χ4n) is 2.51.